The van der Waals surface area contributed by atoms with Gasteiger partial charge in [0, 0.05) is 51.2 Å². The summed E-state index contributed by atoms with van der Waals surface area (Å²) in [7, 11) is 4.21. The fourth-order valence-corrected chi connectivity index (χ4v) is 3.74. The van der Waals surface area contributed by atoms with E-state index in [4.69, 9.17) is 4.74 Å². The maximum absolute atomic E-state index is 10.5. The van der Waals surface area contributed by atoms with E-state index in [0.29, 0.717) is 35.6 Å². The van der Waals surface area contributed by atoms with Crippen LogP contribution in [-0.2, 0) is 0 Å². The number of aromatic nitrogens is 3. The summed E-state index contributed by atoms with van der Waals surface area (Å²) in [6.45, 7) is 5.98. The molecule has 33 heavy (non-hydrogen) atoms. The number of aromatic hydroxyl groups is 1. The number of rotatable bonds is 1. The van der Waals surface area contributed by atoms with Gasteiger partial charge in [0.25, 0.3) is 0 Å². The fraction of sp³-hybridized carbons (Fsp3) is 0.375. The molecule has 2 aromatic heterocycles. The van der Waals surface area contributed by atoms with Crippen molar-refractivity contribution in [2.24, 2.45) is 4.99 Å². The third-order valence-electron chi connectivity index (χ3n) is 5.69. The van der Waals surface area contributed by atoms with Crippen molar-refractivity contribution < 1.29 is 9.84 Å². The number of ether oxygens (including phenoxy) is 1. The number of anilines is 1. The van der Waals surface area contributed by atoms with Crippen molar-refractivity contribution in [1.82, 2.24) is 24.8 Å². The van der Waals surface area contributed by atoms with Crippen LogP contribution in [0.1, 0.15) is 18.9 Å². The highest BCUT2D eigenvalue weighted by atomic mass is 16.5. The Labute approximate surface area is 193 Å². The second kappa shape index (κ2) is 10.4. The van der Waals surface area contributed by atoms with Gasteiger partial charge in [-0.3, -0.25) is 4.99 Å². The number of aromatic amines is 1. The second-order valence-electron chi connectivity index (χ2n) is 8.13. The summed E-state index contributed by atoms with van der Waals surface area (Å²) in [4.78, 5) is 20.7. The highest BCUT2D eigenvalue weighted by molar-refractivity contribution is 6.06. The molecule has 2 bridgehead atoms. The first-order valence-electron chi connectivity index (χ1n) is 11.2. The van der Waals surface area contributed by atoms with Crippen molar-refractivity contribution in [1.29, 1.82) is 0 Å². The van der Waals surface area contributed by atoms with Crippen LogP contribution in [0.2, 0.25) is 0 Å². The molecule has 4 rings (SSSR count). The van der Waals surface area contributed by atoms with E-state index in [1.807, 2.05) is 24.3 Å². The van der Waals surface area contributed by atoms with Gasteiger partial charge in [-0.2, -0.15) is 0 Å². The quantitative estimate of drug-likeness (QED) is 0.523. The van der Waals surface area contributed by atoms with E-state index in [0.717, 1.165) is 43.2 Å². The van der Waals surface area contributed by atoms with Gasteiger partial charge in [0.15, 0.2) is 5.88 Å². The van der Waals surface area contributed by atoms with Gasteiger partial charge < -0.3 is 29.9 Å². The van der Waals surface area contributed by atoms with Gasteiger partial charge in [-0.25, -0.2) is 9.97 Å². The Morgan fingerprint density at radius 1 is 1.18 bits per heavy atom. The van der Waals surface area contributed by atoms with Crippen LogP contribution in [-0.4, -0.2) is 83.0 Å². The Kier molecular flexibility index (Phi) is 7.09. The first-order valence-corrected chi connectivity index (χ1v) is 11.2. The van der Waals surface area contributed by atoms with Crippen LogP contribution in [0.25, 0.3) is 11.0 Å². The molecule has 0 amide bonds. The van der Waals surface area contributed by atoms with Crippen LogP contribution in [0.4, 0.5) is 11.5 Å². The monoisotopic (exact) mass is 449 g/mol. The van der Waals surface area contributed by atoms with Gasteiger partial charge in [-0.1, -0.05) is 19.1 Å². The Balaban J connectivity index is 1.69. The van der Waals surface area contributed by atoms with E-state index in [1.54, 1.807) is 6.21 Å². The molecule has 0 atom stereocenters. The van der Waals surface area contributed by atoms with Gasteiger partial charge >= 0.3 is 0 Å². The van der Waals surface area contributed by atoms with E-state index in [9.17, 15) is 5.11 Å². The molecule has 0 saturated carbocycles. The Bertz CT molecular complexity index is 1150. The molecule has 0 fully saturated rings. The summed E-state index contributed by atoms with van der Waals surface area (Å²) in [5.41, 5.74) is 2.99. The summed E-state index contributed by atoms with van der Waals surface area (Å²) >= 11 is 0. The largest absolute Gasteiger partial charge is 0.494 e. The number of nitrogens with one attached hydrogen (secondary N) is 2. The highest BCUT2D eigenvalue weighted by Gasteiger charge is 2.16. The Morgan fingerprint density at radius 2 is 2.06 bits per heavy atom. The van der Waals surface area contributed by atoms with Crippen molar-refractivity contribution in [3.8, 4) is 11.6 Å². The Hall–Kier alpha value is -3.59. The van der Waals surface area contributed by atoms with Crippen molar-refractivity contribution in [2.45, 2.75) is 13.3 Å². The zero-order chi connectivity index (χ0) is 23.2. The molecule has 1 aliphatic heterocycles. The number of hydrogen-bond donors (Lipinski definition) is 3. The number of likely N-dealkylation sites (N-methyl/N-ethyl adjacent to an activating group) is 2. The topological polar surface area (TPSA) is 102 Å². The zero-order valence-corrected chi connectivity index (χ0v) is 19.4. The maximum Gasteiger partial charge on any atom is 0.199 e. The minimum Gasteiger partial charge on any atom is -0.494 e. The fourth-order valence-electron chi connectivity index (χ4n) is 3.74. The van der Waals surface area contributed by atoms with Gasteiger partial charge in [0.05, 0.1) is 16.6 Å². The van der Waals surface area contributed by atoms with Crippen molar-refractivity contribution >= 4 is 28.8 Å². The number of hydrogen-bond acceptors (Lipinski definition) is 8. The lowest BCUT2D eigenvalue weighted by Crippen LogP contribution is -2.34. The average Bonchev–Trinajstić information content (AvgIpc) is 3.14. The van der Waals surface area contributed by atoms with E-state index < -0.39 is 0 Å². The lowest BCUT2D eigenvalue weighted by Gasteiger charge is -2.26. The first-order chi connectivity index (χ1) is 16.0. The summed E-state index contributed by atoms with van der Waals surface area (Å²) in [5.74, 6) is 1.41. The molecule has 3 N–H and O–H groups in total. The van der Waals surface area contributed by atoms with Crippen LogP contribution in [0, 0.1) is 0 Å². The molecule has 0 aliphatic carbocycles. The number of aliphatic imine (C=N–C) groups is 1. The second-order valence-corrected chi connectivity index (χ2v) is 8.13. The standard InChI is InChI=1S/C24H31N7O2/c1-4-6-18-15-33-19-8-5-7-17(13-19)26-14-20-21-22(27-16-28-23(21)29-24(20)32)25-9-10-30(2)11-12-31(18)3/h5-8,13-14,16,32H,4,9-12,15H2,1-3H3,(H2,25,27,28,29). The lowest BCUT2D eigenvalue weighted by molar-refractivity contribution is 0.258. The lowest BCUT2D eigenvalue weighted by atomic mass is 10.2. The molecule has 9 heteroatoms. The first kappa shape index (κ1) is 22.6. The van der Waals surface area contributed by atoms with Crippen LogP contribution in [0.5, 0.6) is 11.6 Å². The van der Waals surface area contributed by atoms with Gasteiger partial charge in [-0.05, 0) is 25.6 Å². The van der Waals surface area contributed by atoms with Crippen LogP contribution >= 0.6 is 0 Å². The van der Waals surface area contributed by atoms with Crippen LogP contribution < -0.4 is 10.1 Å². The molecular formula is C24H31N7O2. The molecular weight excluding hydrogens is 418 g/mol. The zero-order valence-electron chi connectivity index (χ0n) is 19.4. The normalized spacial score (nSPS) is 17.4. The molecule has 0 unspecified atom stereocenters. The summed E-state index contributed by atoms with van der Waals surface area (Å²) < 4.78 is 6.09. The highest BCUT2D eigenvalue weighted by Crippen LogP contribution is 2.30. The maximum atomic E-state index is 10.5. The number of H-pyrrole nitrogens is 1. The van der Waals surface area contributed by atoms with Crippen LogP contribution in [0.15, 0.2) is 47.4 Å². The minimum absolute atomic E-state index is 0.00797. The molecule has 1 aliphatic rings. The molecule has 174 valence electrons. The molecule has 9 nitrogen and oxygen atoms in total. The van der Waals surface area contributed by atoms with E-state index in [-0.39, 0.29) is 5.88 Å². The van der Waals surface area contributed by atoms with E-state index >= 15 is 0 Å². The summed E-state index contributed by atoms with van der Waals surface area (Å²) in [6.07, 6.45) is 6.27. The molecule has 3 heterocycles. The number of allylic oxidation sites excluding steroid dienone is 1. The smallest absolute Gasteiger partial charge is 0.199 e. The Morgan fingerprint density at radius 3 is 2.91 bits per heavy atom. The SMILES string of the molecule is CCC=C1COc2cccc(c2)N=Cc2c(O)[nH]c3ncnc(c23)NCCN(C)CCN1C. The molecule has 1 aromatic carbocycles. The van der Waals surface area contributed by atoms with E-state index in [2.05, 4.69) is 62.2 Å². The number of nitrogens with zero attached hydrogens (tertiary/aromatic N) is 5. The van der Waals surface area contributed by atoms with E-state index in [1.165, 1.54) is 6.33 Å². The van der Waals surface area contributed by atoms with Crippen molar-refractivity contribution in [2.75, 3.05) is 52.2 Å². The van der Waals surface area contributed by atoms with Gasteiger partial charge in [0.1, 0.15) is 30.1 Å². The summed E-state index contributed by atoms with van der Waals surface area (Å²) in [5, 5.41) is 14.6. The van der Waals surface area contributed by atoms with Gasteiger partial charge in [-0.15, -0.1) is 0 Å². The average molecular weight is 450 g/mol. The molecule has 0 radical (unpaired) electrons. The predicted octanol–water partition coefficient (Wildman–Crippen LogP) is 3.38. The predicted molar refractivity (Wildman–Crippen MR) is 132 cm³/mol. The van der Waals surface area contributed by atoms with Crippen LogP contribution in [0.3, 0.4) is 0 Å². The number of benzene rings is 1. The molecule has 0 spiro atoms. The third-order valence-corrected chi connectivity index (χ3v) is 5.69. The van der Waals surface area contributed by atoms with Crippen molar-refractivity contribution in [3.05, 3.63) is 47.9 Å². The molecule has 3 aromatic rings. The van der Waals surface area contributed by atoms with Gasteiger partial charge in [0.2, 0.25) is 0 Å². The molecule has 0 saturated heterocycles. The van der Waals surface area contributed by atoms with Crippen molar-refractivity contribution in [3.63, 3.8) is 0 Å². The third kappa shape index (κ3) is 5.43. The minimum atomic E-state index is 0.00797. The summed E-state index contributed by atoms with van der Waals surface area (Å²) in [6, 6.07) is 7.62. The number of fused-ring (bicyclic) bond motifs is 2.